The van der Waals surface area contributed by atoms with Crippen molar-refractivity contribution < 1.29 is 4.79 Å². The van der Waals surface area contributed by atoms with E-state index in [0.29, 0.717) is 6.54 Å². The Kier molecular flexibility index (Phi) is 2.95. The third-order valence-corrected chi connectivity index (χ3v) is 3.33. The summed E-state index contributed by atoms with van der Waals surface area (Å²) in [5.41, 5.74) is 3.26. The van der Waals surface area contributed by atoms with E-state index in [1.165, 1.54) is 5.56 Å². The summed E-state index contributed by atoms with van der Waals surface area (Å²) in [4.78, 5) is 14.0. The minimum absolute atomic E-state index is 0.0474. The Balaban J connectivity index is 1.66. The number of urea groups is 1. The molecule has 1 aliphatic rings. The summed E-state index contributed by atoms with van der Waals surface area (Å²) in [5.74, 6) is 0. The third-order valence-electron chi connectivity index (χ3n) is 3.33. The van der Waals surface area contributed by atoms with E-state index >= 15 is 0 Å². The summed E-state index contributed by atoms with van der Waals surface area (Å²) in [6, 6.07) is 7.99. The first kappa shape index (κ1) is 11.8. The number of anilines is 1. The zero-order chi connectivity index (χ0) is 13.2. The van der Waals surface area contributed by atoms with Gasteiger partial charge in [0.05, 0.1) is 6.20 Å². The molecular formula is C14H16N4O. The highest BCUT2D eigenvalue weighted by atomic mass is 16.2. The lowest BCUT2D eigenvalue weighted by Gasteiger charge is -2.17. The van der Waals surface area contributed by atoms with Gasteiger partial charge in [0.25, 0.3) is 0 Å². The second kappa shape index (κ2) is 4.76. The van der Waals surface area contributed by atoms with Gasteiger partial charge in [-0.25, -0.2) is 4.79 Å². The predicted molar refractivity (Wildman–Crippen MR) is 72.9 cm³/mol. The van der Waals surface area contributed by atoms with Crippen molar-refractivity contribution in [3.8, 4) is 0 Å². The second-order valence-electron chi connectivity index (χ2n) is 4.71. The lowest BCUT2D eigenvalue weighted by molar-refractivity contribution is 0.246. The first-order valence-corrected chi connectivity index (χ1v) is 6.35. The SMILES string of the molecule is Cn1cc(CNC(=O)N2CCc3ccccc32)cn1. The van der Waals surface area contributed by atoms with Gasteiger partial charge in [0, 0.05) is 37.6 Å². The average molecular weight is 256 g/mol. The van der Waals surface area contributed by atoms with E-state index in [4.69, 9.17) is 0 Å². The number of amides is 2. The van der Waals surface area contributed by atoms with E-state index in [1.807, 2.05) is 31.4 Å². The number of carbonyl (C=O) groups excluding carboxylic acids is 1. The molecule has 98 valence electrons. The molecule has 2 aromatic rings. The number of nitrogens with one attached hydrogen (secondary N) is 1. The van der Waals surface area contributed by atoms with Crippen molar-refractivity contribution in [2.45, 2.75) is 13.0 Å². The highest BCUT2D eigenvalue weighted by Crippen LogP contribution is 2.27. The quantitative estimate of drug-likeness (QED) is 0.889. The molecule has 5 nitrogen and oxygen atoms in total. The molecule has 1 aliphatic heterocycles. The van der Waals surface area contributed by atoms with Crippen molar-refractivity contribution in [2.24, 2.45) is 7.05 Å². The van der Waals surface area contributed by atoms with Gasteiger partial charge in [-0.15, -0.1) is 0 Å². The van der Waals surface area contributed by atoms with Crippen molar-refractivity contribution >= 4 is 11.7 Å². The summed E-state index contributed by atoms with van der Waals surface area (Å²) >= 11 is 0. The first-order chi connectivity index (χ1) is 9.24. The Morgan fingerprint density at radius 2 is 2.26 bits per heavy atom. The molecule has 0 saturated heterocycles. The summed E-state index contributed by atoms with van der Waals surface area (Å²) < 4.78 is 1.73. The standard InChI is InChI=1S/C14H16N4O/c1-17-10-11(9-16-17)8-15-14(19)18-7-6-12-4-2-3-5-13(12)18/h2-5,9-10H,6-8H2,1H3,(H,15,19). The Morgan fingerprint density at radius 1 is 1.42 bits per heavy atom. The van der Waals surface area contributed by atoms with Crippen LogP contribution < -0.4 is 10.2 Å². The Morgan fingerprint density at radius 3 is 3.05 bits per heavy atom. The Labute approximate surface area is 111 Å². The number of aryl methyl sites for hydroxylation is 1. The van der Waals surface area contributed by atoms with Gasteiger partial charge >= 0.3 is 6.03 Å². The van der Waals surface area contributed by atoms with Crippen molar-refractivity contribution in [1.82, 2.24) is 15.1 Å². The molecule has 0 unspecified atom stereocenters. The zero-order valence-electron chi connectivity index (χ0n) is 10.8. The van der Waals surface area contributed by atoms with Gasteiger partial charge in [-0.2, -0.15) is 5.10 Å². The van der Waals surface area contributed by atoms with Gasteiger partial charge < -0.3 is 5.32 Å². The van der Waals surface area contributed by atoms with Crippen LogP contribution in [0.2, 0.25) is 0 Å². The molecule has 1 N–H and O–H groups in total. The van der Waals surface area contributed by atoms with Crippen molar-refractivity contribution in [3.05, 3.63) is 47.8 Å². The number of carbonyl (C=O) groups is 1. The molecule has 19 heavy (non-hydrogen) atoms. The fourth-order valence-corrected chi connectivity index (χ4v) is 2.39. The van der Waals surface area contributed by atoms with Crippen LogP contribution in [0.15, 0.2) is 36.7 Å². The molecule has 5 heteroatoms. The monoisotopic (exact) mass is 256 g/mol. The summed E-state index contributed by atoms with van der Waals surface area (Å²) in [5, 5.41) is 7.01. The first-order valence-electron chi connectivity index (χ1n) is 6.35. The molecule has 2 amide bonds. The minimum Gasteiger partial charge on any atom is -0.333 e. The number of rotatable bonds is 2. The number of para-hydroxylation sites is 1. The molecule has 1 aromatic carbocycles. The average Bonchev–Trinajstić information content (AvgIpc) is 3.02. The molecule has 3 rings (SSSR count). The molecule has 0 saturated carbocycles. The van der Waals surface area contributed by atoms with Crippen LogP contribution in [0.1, 0.15) is 11.1 Å². The van der Waals surface area contributed by atoms with Crippen LogP contribution in [-0.2, 0) is 20.0 Å². The molecule has 2 heterocycles. The van der Waals surface area contributed by atoms with E-state index in [9.17, 15) is 4.79 Å². The van der Waals surface area contributed by atoms with Gasteiger partial charge in [-0.05, 0) is 18.1 Å². The minimum atomic E-state index is -0.0474. The molecule has 0 fully saturated rings. The number of hydrogen-bond donors (Lipinski definition) is 1. The van der Waals surface area contributed by atoms with Crippen LogP contribution in [0.3, 0.4) is 0 Å². The number of hydrogen-bond acceptors (Lipinski definition) is 2. The normalized spacial score (nSPS) is 13.4. The van der Waals surface area contributed by atoms with Crippen LogP contribution in [-0.4, -0.2) is 22.4 Å². The lowest BCUT2D eigenvalue weighted by Crippen LogP contribution is -2.38. The fourth-order valence-electron chi connectivity index (χ4n) is 2.39. The molecule has 0 spiro atoms. The topological polar surface area (TPSA) is 50.2 Å². The number of nitrogens with zero attached hydrogens (tertiary/aromatic N) is 3. The summed E-state index contributed by atoms with van der Waals surface area (Å²) in [6.07, 6.45) is 4.59. The second-order valence-corrected chi connectivity index (χ2v) is 4.71. The molecule has 0 radical (unpaired) electrons. The number of fused-ring (bicyclic) bond motifs is 1. The Hall–Kier alpha value is -2.30. The lowest BCUT2D eigenvalue weighted by atomic mass is 10.2. The highest BCUT2D eigenvalue weighted by molar-refractivity contribution is 5.94. The predicted octanol–water partition coefficient (Wildman–Crippen LogP) is 1.69. The van der Waals surface area contributed by atoms with Gasteiger partial charge in [0.2, 0.25) is 0 Å². The van der Waals surface area contributed by atoms with Crippen LogP contribution in [0.4, 0.5) is 10.5 Å². The van der Waals surface area contributed by atoms with Gasteiger partial charge in [-0.3, -0.25) is 9.58 Å². The van der Waals surface area contributed by atoms with Crippen molar-refractivity contribution in [3.63, 3.8) is 0 Å². The van der Waals surface area contributed by atoms with Crippen molar-refractivity contribution in [1.29, 1.82) is 0 Å². The largest absolute Gasteiger partial charge is 0.333 e. The van der Waals surface area contributed by atoms with E-state index in [2.05, 4.69) is 16.5 Å². The van der Waals surface area contributed by atoms with Crippen LogP contribution in [0, 0.1) is 0 Å². The smallest absolute Gasteiger partial charge is 0.322 e. The zero-order valence-corrected chi connectivity index (χ0v) is 10.8. The van der Waals surface area contributed by atoms with E-state index in [-0.39, 0.29) is 6.03 Å². The van der Waals surface area contributed by atoms with E-state index in [0.717, 1.165) is 24.2 Å². The van der Waals surface area contributed by atoms with Gasteiger partial charge in [-0.1, -0.05) is 18.2 Å². The molecule has 0 bridgehead atoms. The third kappa shape index (κ3) is 2.31. The number of aromatic nitrogens is 2. The molecular weight excluding hydrogens is 240 g/mol. The molecule has 0 atom stereocenters. The Bertz CT molecular complexity index is 605. The van der Waals surface area contributed by atoms with Crippen molar-refractivity contribution in [2.75, 3.05) is 11.4 Å². The van der Waals surface area contributed by atoms with Gasteiger partial charge in [0.15, 0.2) is 0 Å². The molecule has 0 aliphatic carbocycles. The highest BCUT2D eigenvalue weighted by Gasteiger charge is 2.23. The van der Waals surface area contributed by atoms with E-state index < -0.39 is 0 Å². The summed E-state index contributed by atoms with van der Waals surface area (Å²) in [6.45, 7) is 1.25. The molecule has 1 aromatic heterocycles. The summed E-state index contributed by atoms with van der Waals surface area (Å²) in [7, 11) is 1.86. The van der Waals surface area contributed by atoms with Crippen LogP contribution in [0.25, 0.3) is 0 Å². The van der Waals surface area contributed by atoms with E-state index in [1.54, 1.807) is 15.8 Å². The van der Waals surface area contributed by atoms with Crippen LogP contribution >= 0.6 is 0 Å². The maximum Gasteiger partial charge on any atom is 0.322 e. The fraction of sp³-hybridized carbons (Fsp3) is 0.286. The van der Waals surface area contributed by atoms with Gasteiger partial charge in [0.1, 0.15) is 0 Å². The number of benzene rings is 1. The van der Waals surface area contributed by atoms with Crippen LogP contribution in [0.5, 0.6) is 0 Å². The maximum atomic E-state index is 12.2. The maximum absolute atomic E-state index is 12.2.